The van der Waals surface area contributed by atoms with Crippen molar-refractivity contribution >= 4 is 11.8 Å². The fourth-order valence-corrected chi connectivity index (χ4v) is 1.43. The highest BCUT2D eigenvalue weighted by atomic mass is 16.2. The largest absolute Gasteiger partial charge is 0.347 e. The van der Waals surface area contributed by atoms with Crippen LogP contribution in [0.4, 0.5) is 0 Å². The molecule has 0 aliphatic heterocycles. The van der Waals surface area contributed by atoms with Crippen LogP contribution in [0, 0.1) is 16.7 Å². The van der Waals surface area contributed by atoms with Crippen molar-refractivity contribution in [2.24, 2.45) is 5.41 Å². The summed E-state index contributed by atoms with van der Waals surface area (Å²) >= 11 is 0. The summed E-state index contributed by atoms with van der Waals surface area (Å²) in [4.78, 5) is 23.0. The smallest absolute Gasteiger partial charge is 0.240 e. The van der Waals surface area contributed by atoms with E-state index < -0.39 is 6.04 Å². The standard InChI is InChI=1S/C13H23N3O2/c1-5-6-10(8-14)16-12(18)9-15-11(17)7-13(2,3)4/h10H,5-7,9H2,1-4H3,(H,15,17)(H,16,18)/t10-/m0/s1. The van der Waals surface area contributed by atoms with E-state index in [9.17, 15) is 9.59 Å². The number of carbonyl (C=O) groups excluding carboxylic acids is 2. The molecule has 0 aliphatic rings. The molecule has 0 rings (SSSR count). The minimum atomic E-state index is -0.470. The Labute approximate surface area is 109 Å². The van der Waals surface area contributed by atoms with Gasteiger partial charge in [0.05, 0.1) is 12.6 Å². The Hall–Kier alpha value is -1.57. The van der Waals surface area contributed by atoms with Gasteiger partial charge in [0.25, 0.3) is 0 Å². The second-order valence-electron chi connectivity index (χ2n) is 5.55. The van der Waals surface area contributed by atoms with Crippen molar-refractivity contribution in [3.63, 3.8) is 0 Å². The molecule has 0 aliphatic carbocycles. The quantitative estimate of drug-likeness (QED) is 0.749. The molecule has 18 heavy (non-hydrogen) atoms. The number of nitrogens with zero attached hydrogens (tertiary/aromatic N) is 1. The Bertz CT molecular complexity index is 326. The van der Waals surface area contributed by atoms with Crippen LogP contribution in [0.15, 0.2) is 0 Å². The van der Waals surface area contributed by atoms with Crippen molar-refractivity contribution in [2.75, 3.05) is 6.54 Å². The number of hydrogen-bond donors (Lipinski definition) is 2. The molecule has 5 nitrogen and oxygen atoms in total. The summed E-state index contributed by atoms with van der Waals surface area (Å²) in [6, 6.07) is 1.54. The van der Waals surface area contributed by atoms with E-state index in [0.29, 0.717) is 12.8 Å². The van der Waals surface area contributed by atoms with Gasteiger partial charge in [-0.15, -0.1) is 0 Å². The van der Waals surface area contributed by atoms with Gasteiger partial charge in [-0.05, 0) is 11.8 Å². The third-order valence-corrected chi connectivity index (χ3v) is 2.21. The summed E-state index contributed by atoms with van der Waals surface area (Å²) in [6.45, 7) is 7.75. The molecule has 0 spiro atoms. The van der Waals surface area contributed by atoms with E-state index in [1.54, 1.807) is 0 Å². The predicted molar refractivity (Wildman–Crippen MR) is 69.5 cm³/mol. The summed E-state index contributed by atoms with van der Waals surface area (Å²) in [5, 5.41) is 13.9. The van der Waals surface area contributed by atoms with E-state index in [0.717, 1.165) is 6.42 Å². The SMILES string of the molecule is CCC[C@@H](C#N)NC(=O)CNC(=O)CC(C)(C)C. The van der Waals surface area contributed by atoms with Crippen molar-refractivity contribution in [3.8, 4) is 6.07 Å². The molecule has 0 bridgehead atoms. The molecule has 2 amide bonds. The Morgan fingerprint density at radius 3 is 2.33 bits per heavy atom. The summed E-state index contributed by atoms with van der Waals surface area (Å²) in [5.74, 6) is -0.473. The van der Waals surface area contributed by atoms with Crippen LogP contribution >= 0.6 is 0 Å². The van der Waals surface area contributed by atoms with Crippen LogP contribution in [0.2, 0.25) is 0 Å². The van der Waals surface area contributed by atoms with Crippen LogP contribution in [-0.2, 0) is 9.59 Å². The minimum absolute atomic E-state index is 0.0726. The Morgan fingerprint density at radius 2 is 1.89 bits per heavy atom. The van der Waals surface area contributed by atoms with Gasteiger partial charge in [-0.2, -0.15) is 5.26 Å². The fraction of sp³-hybridized carbons (Fsp3) is 0.769. The van der Waals surface area contributed by atoms with E-state index in [-0.39, 0.29) is 23.8 Å². The maximum absolute atomic E-state index is 11.5. The van der Waals surface area contributed by atoms with E-state index >= 15 is 0 Å². The molecule has 0 radical (unpaired) electrons. The van der Waals surface area contributed by atoms with Gasteiger partial charge in [0.15, 0.2) is 0 Å². The lowest BCUT2D eigenvalue weighted by Gasteiger charge is -2.17. The first-order valence-electron chi connectivity index (χ1n) is 6.24. The Kier molecular flexibility index (Phi) is 7.03. The molecular formula is C13H23N3O2. The van der Waals surface area contributed by atoms with Crippen molar-refractivity contribution in [1.82, 2.24) is 10.6 Å². The first kappa shape index (κ1) is 16.4. The monoisotopic (exact) mass is 253 g/mol. The number of carbonyl (C=O) groups is 2. The number of rotatable bonds is 6. The van der Waals surface area contributed by atoms with Gasteiger partial charge in [0.2, 0.25) is 11.8 Å². The van der Waals surface area contributed by atoms with Gasteiger partial charge < -0.3 is 10.6 Å². The first-order chi connectivity index (χ1) is 8.28. The molecule has 2 N–H and O–H groups in total. The van der Waals surface area contributed by atoms with E-state index in [1.807, 2.05) is 33.8 Å². The van der Waals surface area contributed by atoms with Gasteiger partial charge in [0.1, 0.15) is 6.04 Å². The number of hydrogen-bond acceptors (Lipinski definition) is 3. The predicted octanol–water partition coefficient (Wildman–Crippen LogP) is 1.35. The van der Waals surface area contributed by atoms with Gasteiger partial charge in [-0.3, -0.25) is 9.59 Å². The topological polar surface area (TPSA) is 82.0 Å². The molecule has 0 fully saturated rings. The van der Waals surface area contributed by atoms with Crippen LogP contribution < -0.4 is 10.6 Å². The van der Waals surface area contributed by atoms with E-state index in [2.05, 4.69) is 10.6 Å². The van der Waals surface area contributed by atoms with Gasteiger partial charge in [-0.1, -0.05) is 34.1 Å². The van der Waals surface area contributed by atoms with Crippen molar-refractivity contribution < 1.29 is 9.59 Å². The van der Waals surface area contributed by atoms with Crippen LogP contribution in [0.25, 0.3) is 0 Å². The second kappa shape index (κ2) is 7.70. The number of nitrogens with one attached hydrogen (secondary N) is 2. The lowest BCUT2D eigenvalue weighted by atomic mass is 9.92. The van der Waals surface area contributed by atoms with Crippen molar-refractivity contribution in [1.29, 1.82) is 5.26 Å². The Morgan fingerprint density at radius 1 is 1.28 bits per heavy atom. The van der Waals surface area contributed by atoms with Gasteiger partial charge in [-0.25, -0.2) is 0 Å². The number of nitriles is 1. The first-order valence-corrected chi connectivity index (χ1v) is 6.24. The lowest BCUT2D eigenvalue weighted by Crippen LogP contribution is -2.42. The molecule has 0 heterocycles. The molecule has 0 unspecified atom stereocenters. The van der Waals surface area contributed by atoms with Crippen molar-refractivity contribution in [2.45, 2.75) is 53.0 Å². The molecule has 0 saturated carbocycles. The molecule has 0 aromatic heterocycles. The fourth-order valence-electron chi connectivity index (χ4n) is 1.43. The number of amides is 2. The maximum atomic E-state index is 11.5. The molecule has 1 atom stereocenters. The highest BCUT2D eigenvalue weighted by Crippen LogP contribution is 2.17. The molecule has 102 valence electrons. The van der Waals surface area contributed by atoms with Gasteiger partial charge >= 0.3 is 0 Å². The zero-order chi connectivity index (χ0) is 14.2. The molecule has 0 aromatic rings. The second-order valence-corrected chi connectivity index (χ2v) is 5.55. The van der Waals surface area contributed by atoms with Crippen LogP contribution in [0.1, 0.15) is 47.0 Å². The highest BCUT2D eigenvalue weighted by molar-refractivity contribution is 5.85. The van der Waals surface area contributed by atoms with Crippen molar-refractivity contribution in [3.05, 3.63) is 0 Å². The van der Waals surface area contributed by atoms with Gasteiger partial charge in [0, 0.05) is 6.42 Å². The third kappa shape index (κ3) is 8.57. The third-order valence-electron chi connectivity index (χ3n) is 2.21. The maximum Gasteiger partial charge on any atom is 0.240 e. The van der Waals surface area contributed by atoms with E-state index in [4.69, 9.17) is 5.26 Å². The Balaban J connectivity index is 3.97. The molecule has 5 heteroatoms. The van der Waals surface area contributed by atoms with Crippen LogP contribution in [0.5, 0.6) is 0 Å². The zero-order valence-corrected chi connectivity index (χ0v) is 11.7. The zero-order valence-electron chi connectivity index (χ0n) is 11.7. The summed E-state index contributed by atoms with van der Waals surface area (Å²) < 4.78 is 0. The highest BCUT2D eigenvalue weighted by Gasteiger charge is 2.17. The summed E-state index contributed by atoms with van der Waals surface area (Å²) in [5.41, 5.74) is -0.0992. The summed E-state index contributed by atoms with van der Waals surface area (Å²) in [7, 11) is 0. The van der Waals surface area contributed by atoms with Crippen LogP contribution in [-0.4, -0.2) is 24.4 Å². The minimum Gasteiger partial charge on any atom is -0.347 e. The molecule has 0 saturated heterocycles. The lowest BCUT2D eigenvalue weighted by molar-refractivity contribution is -0.127. The van der Waals surface area contributed by atoms with Crippen LogP contribution in [0.3, 0.4) is 0 Å². The molecule has 0 aromatic carbocycles. The molecular weight excluding hydrogens is 230 g/mol. The summed E-state index contributed by atoms with van der Waals surface area (Å²) in [6.07, 6.45) is 1.82. The normalized spacial score (nSPS) is 12.4. The average molecular weight is 253 g/mol. The van der Waals surface area contributed by atoms with E-state index in [1.165, 1.54) is 0 Å². The average Bonchev–Trinajstić information content (AvgIpc) is 2.23.